The Labute approximate surface area is 211 Å². The molecule has 3 rings (SSSR count). The van der Waals surface area contributed by atoms with E-state index in [4.69, 9.17) is 43.1 Å². The second-order valence-corrected chi connectivity index (χ2v) is 10.7. The van der Waals surface area contributed by atoms with Crippen molar-refractivity contribution in [2.45, 2.75) is 23.5 Å². The maximum Gasteiger partial charge on any atom is 0.240 e. The average Bonchev–Trinajstić information content (AvgIpc) is 3.15. The van der Waals surface area contributed by atoms with Gasteiger partial charge in [-0.15, -0.1) is 0 Å². The van der Waals surface area contributed by atoms with E-state index in [9.17, 15) is 8.42 Å². The predicted molar refractivity (Wildman–Crippen MR) is 133 cm³/mol. The lowest BCUT2D eigenvalue weighted by Gasteiger charge is -2.27. The average molecular weight is 532 g/mol. The van der Waals surface area contributed by atoms with Crippen LogP contribution < -0.4 is 15.2 Å². The molecule has 2 unspecified atom stereocenters. The fraction of sp³-hybridized carbons (Fsp3) is 0.478. The molecule has 188 valence electrons. The topological polar surface area (TPSA) is 103 Å². The molecule has 3 N–H and O–H groups in total. The standard InChI is InChI=1S/C23H31Cl2N3O5S/c1-28(2)22-15-19-20(13-16(24)14-21(19)25)23(22)33-17-3-5-18(6-4-17)34(29,30)27-8-10-32-12-11-31-9-7-26/h3-6,13-14,22-23,27H,7-12,15,26H2,1-2H3. The van der Waals surface area contributed by atoms with Crippen molar-refractivity contribution >= 4 is 33.2 Å². The van der Waals surface area contributed by atoms with Crippen LogP contribution in [0.1, 0.15) is 17.2 Å². The number of likely N-dealkylation sites (N-methyl/N-ethyl adjacent to an activating group) is 1. The van der Waals surface area contributed by atoms with Gasteiger partial charge < -0.3 is 24.8 Å². The molecule has 0 saturated heterocycles. The van der Waals surface area contributed by atoms with Crippen molar-refractivity contribution in [3.8, 4) is 5.75 Å². The maximum atomic E-state index is 12.6. The quantitative estimate of drug-likeness (QED) is 0.383. The number of halogens is 2. The van der Waals surface area contributed by atoms with Gasteiger partial charge in [0.05, 0.1) is 37.4 Å². The summed E-state index contributed by atoms with van der Waals surface area (Å²) in [5, 5.41) is 1.18. The third-order valence-electron chi connectivity index (χ3n) is 5.50. The van der Waals surface area contributed by atoms with Gasteiger partial charge in [0, 0.05) is 28.7 Å². The Morgan fingerprint density at radius 3 is 2.38 bits per heavy atom. The third kappa shape index (κ3) is 7.05. The molecule has 0 aromatic heterocycles. The van der Waals surface area contributed by atoms with E-state index in [-0.39, 0.29) is 30.2 Å². The van der Waals surface area contributed by atoms with Crippen LogP contribution in [0.5, 0.6) is 5.75 Å². The second-order valence-electron chi connectivity index (χ2n) is 8.11. The first kappa shape index (κ1) is 27.2. The molecule has 2 aromatic carbocycles. The summed E-state index contributed by atoms with van der Waals surface area (Å²) in [6.07, 6.45) is 0.452. The number of ether oxygens (including phenoxy) is 3. The first-order valence-corrected chi connectivity index (χ1v) is 13.2. The van der Waals surface area contributed by atoms with Crippen LogP contribution in [0.3, 0.4) is 0 Å². The lowest BCUT2D eigenvalue weighted by atomic mass is 10.1. The molecule has 2 atom stereocenters. The summed E-state index contributed by atoms with van der Waals surface area (Å²) in [5.41, 5.74) is 7.30. The van der Waals surface area contributed by atoms with Gasteiger partial charge in [0.15, 0.2) is 0 Å². The van der Waals surface area contributed by atoms with Gasteiger partial charge in [0.25, 0.3) is 0 Å². The van der Waals surface area contributed by atoms with Gasteiger partial charge in [-0.2, -0.15) is 0 Å². The maximum absolute atomic E-state index is 12.6. The highest BCUT2D eigenvalue weighted by Gasteiger charge is 2.37. The zero-order valence-corrected chi connectivity index (χ0v) is 21.6. The van der Waals surface area contributed by atoms with Crippen molar-refractivity contribution in [3.05, 3.63) is 57.6 Å². The molecular formula is C23H31Cl2N3O5S. The molecule has 0 aliphatic heterocycles. The van der Waals surface area contributed by atoms with E-state index in [1.165, 1.54) is 12.1 Å². The summed E-state index contributed by atoms with van der Waals surface area (Å²) in [4.78, 5) is 2.23. The summed E-state index contributed by atoms with van der Waals surface area (Å²) in [6.45, 7) is 2.12. The molecular weight excluding hydrogens is 501 g/mol. The van der Waals surface area contributed by atoms with Crippen molar-refractivity contribution in [2.24, 2.45) is 5.73 Å². The van der Waals surface area contributed by atoms with Gasteiger partial charge in [-0.3, -0.25) is 0 Å². The van der Waals surface area contributed by atoms with Gasteiger partial charge in [0.2, 0.25) is 10.0 Å². The zero-order chi connectivity index (χ0) is 24.7. The predicted octanol–water partition coefficient (Wildman–Crippen LogP) is 2.87. The Morgan fingerprint density at radius 2 is 1.74 bits per heavy atom. The van der Waals surface area contributed by atoms with Crippen molar-refractivity contribution < 1.29 is 22.6 Å². The second kappa shape index (κ2) is 12.5. The van der Waals surface area contributed by atoms with Gasteiger partial charge in [-0.25, -0.2) is 13.1 Å². The van der Waals surface area contributed by atoms with Gasteiger partial charge in [0.1, 0.15) is 11.9 Å². The Bertz CT molecular complexity index is 1050. The number of rotatable bonds is 13. The first-order valence-electron chi connectivity index (χ1n) is 11.0. The minimum absolute atomic E-state index is 0.0664. The van der Waals surface area contributed by atoms with Crippen molar-refractivity contribution in [1.29, 1.82) is 0 Å². The minimum atomic E-state index is -3.67. The van der Waals surface area contributed by atoms with Crippen LogP contribution in [0.2, 0.25) is 10.0 Å². The van der Waals surface area contributed by atoms with Crippen LogP contribution in [0.15, 0.2) is 41.3 Å². The summed E-state index contributed by atoms with van der Waals surface area (Å²) >= 11 is 12.7. The lowest BCUT2D eigenvalue weighted by Crippen LogP contribution is -2.34. The van der Waals surface area contributed by atoms with E-state index in [2.05, 4.69) is 9.62 Å². The van der Waals surface area contributed by atoms with Crippen molar-refractivity contribution in [1.82, 2.24) is 9.62 Å². The normalized spacial score (nSPS) is 17.8. The molecule has 8 nitrogen and oxygen atoms in total. The van der Waals surface area contributed by atoms with E-state index in [1.807, 2.05) is 20.2 Å². The van der Waals surface area contributed by atoms with Crippen LogP contribution in [-0.4, -0.2) is 73.0 Å². The number of nitrogens with two attached hydrogens (primary N) is 1. The Morgan fingerprint density at radius 1 is 1.06 bits per heavy atom. The first-order chi connectivity index (χ1) is 16.2. The molecule has 34 heavy (non-hydrogen) atoms. The Kier molecular flexibility index (Phi) is 9.99. The van der Waals surface area contributed by atoms with E-state index in [0.717, 1.165) is 17.5 Å². The number of fused-ring (bicyclic) bond motifs is 1. The van der Waals surface area contributed by atoms with Crippen molar-refractivity contribution in [3.63, 3.8) is 0 Å². The molecule has 0 heterocycles. The van der Waals surface area contributed by atoms with Crippen LogP contribution >= 0.6 is 23.2 Å². The van der Waals surface area contributed by atoms with E-state index >= 15 is 0 Å². The van der Waals surface area contributed by atoms with Crippen LogP contribution in [0, 0.1) is 0 Å². The fourth-order valence-electron chi connectivity index (χ4n) is 3.79. The van der Waals surface area contributed by atoms with Gasteiger partial charge in [-0.05, 0) is 62.5 Å². The summed E-state index contributed by atoms with van der Waals surface area (Å²) in [7, 11) is 0.307. The minimum Gasteiger partial charge on any atom is -0.484 e. The molecule has 0 fully saturated rings. The summed E-state index contributed by atoms with van der Waals surface area (Å²) in [5.74, 6) is 0.556. The number of hydrogen-bond acceptors (Lipinski definition) is 7. The Balaban J connectivity index is 1.60. The highest BCUT2D eigenvalue weighted by atomic mass is 35.5. The molecule has 0 radical (unpaired) electrons. The number of benzene rings is 2. The van der Waals surface area contributed by atoms with E-state index < -0.39 is 10.0 Å². The lowest BCUT2D eigenvalue weighted by molar-refractivity contribution is 0.0530. The largest absolute Gasteiger partial charge is 0.484 e. The SMILES string of the molecule is CN(C)C1Cc2c(Cl)cc(Cl)cc2C1Oc1ccc(S(=O)(=O)NCCOCCOCCN)cc1. The van der Waals surface area contributed by atoms with Crippen LogP contribution in [0.25, 0.3) is 0 Å². The highest BCUT2D eigenvalue weighted by molar-refractivity contribution is 7.89. The monoisotopic (exact) mass is 531 g/mol. The fourth-order valence-corrected chi connectivity index (χ4v) is 5.39. The number of nitrogens with one attached hydrogen (secondary N) is 1. The van der Waals surface area contributed by atoms with Crippen LogP contribution in [-0.2, 0) is 25.9 Å². The summed E-state index contributed by atoms with van der Waals surface area (Å²) < 4.78 is 44.5. The Hall–Kier alpha value is -1.43. The highest BCUT2D eigenvalue weighted by Crippen LogP contribution is 2.42. The molecule has 0 saturated carbocycles. The molecule has 0 amide bonds. The molecule has 1 aliphatic carbocycles. The van der Waals surface area contributed by atoms with Crippen molar-refractivity contribution in [2.75, 3.05) is 53.6 Å². The summed E-state index contributed by atoms with van der Waals surface area (Å²) in [6, 6.07) is 10.0. The number of nitrogens with zero attached hydrogens (tertiary/aromatic N) is 1. The molecule has 2 aromatic rings. The molecule has 11 heteroatoms. The van der Waals surface area contributed by atoms with Gasteiger partial charge in [-0.1, -0.05) is 23.2 Å². The van der Waals surface area contributed by atoms with Gasteiger partial charge >= 0.3 is 0 Å². The number of sulfonamides is 1. The number of hydrogen-bond donors (Lipinski definition) is 2. The third-order valence-corrected chi connectivity index (χ3v) is 7.53. The van der Waals surface area contributed by atoms with E-state index in [0.29, 0.717) is 42.2 Å². The van der Waals surface area contributed by atoms with E-state index in [1.54, 1.807) is 18.2 Å². The molecule has 1 aliphatic rings. The zero-order valence-electron chi connectivity index (χ0n) is 19.3. The molecule has 0 spiro atoms. The van der Waals surface area contributed by atoms with Crippen LogP contribution in [0.4, 0.5) is 0 Å². The smallest absolute Gasteiger partial charge is 0.240 e. The molecule has 0 bridgehead atoms.